The maximum absolute atomic E-state index is 13.8. The molecule has 6 nitrogen and oxygen atoms in total. The molecule has 0 aliphatic carbocycles. The summed E-state index contributed by atoms with van der Waals surface area (Å²) in [6, 6.07) is 4.91. The van der Waals surface area contributed by atoms with Crippen LogP contribution in [0.15, 0.2) is 36.4 Å². The Kier molecular flexibility index (Phi) is 8.92. The van der Waals surface area contributed by atoms with Crippen LogP contribution in [-0.4, -0.2) is 62.2 Å². The number of rotatable bonds is 6. The second-order valence-electron chi connectivity index (χ2n) is 10.0. The number of hydrogen-bond acceptors (Lipinski definition) is 4. The zero-order valence-corrected chi connectivity index (χ0v) is 22.6. The molecule has 2 aromatic rings. The van der Waals surface area contributed by atoms with Gasteiger partial charge in [0.2, 0.25) is 11.8 Å². The fourth-order valence-electron chi connectivity index (χ4n) is 4.91. The summed E-state index contributed by atoms with van der Waals surface area (Å²) in [5.74, 6) is -4.20. The number of nitrogens with zero attached hydrogens (tertiary/aromatic N) is 2. The number of carbonyl (C=O) groups is 2. The van der Waals surface area contributed by atoms with Gasteiger partial charge >= 0.3 is 12.4 Å². The van der Waals surface area contributed by atoms with Gasteiger partial charge in [0.1, 0.15) is 11.6 Å². The molecule has 0 unspecified atom stereocenters. The van der Waals surface area contributed by atoms with Crippen LogP contribution < -0.4 is 0 Å². The highest BCUT2D eigenvalue weighted by molar-refractivity contribution is 7.91. The van der Waals surface area contributed by atoms with E-state index in [1.807, 2.05) is 0 Å². The third kappa shape index (κ3) is 7.73. The monoisotopic (exact) mass is 596 g/mol. The van der Waals surface area contributed by atoms with E-state index in [1.165, 1.54) is 24.1 Å². The van der Waals surface area contributed by atoms with Gasteiger partial charge in [-0.05, 0) is 60.4 Å². The fraction of sp³-hybridized carbons (Fsp3) is 0.462. The van der Waals surface area contributed by atoms with Crippen molar-refractivity contribution in [3.8, 4) is 0 Å². The first kappa shape index (κ1) is 31.4. The van der Waals surface area contributed by atoms with Crippen molar-refractivity contribution in [2.45, 2.75) is 38.2 Å². The van der Waals surface area contributed by atoms with Crippen LogP contribution in [0.2, 0.25) is 0 Å². The third-order valence-corrected chi connectivity index (χ3v) is 7.51. The first-order valence-corrected chi connectivity index (χ1v) is 14.1. The van der Waals surface area contributed by atoms with Gasteiger partial charge in [0.25, 0.3) is 0 Å². The molecule has 0 radical (unpaired) electrons. The van der Waals surface area contributed by atoms with E-state index in [-0.39, 0.29) is 31.1 Å². The number of benzene rings is 2. The number of carbonyl (C=O) groups excluding carboxylic acids is 2. The van der Waals surface area contributed by atoms with Gasteiger partial charge in [-0.15, -0.1) is 0 Å². The Morgan fingerprint density at radius 2 is 1.57 bits per heavy atom. The second-order valence-corrected chi connectivity index (χ2v) is 12.2. The van der Waals surface area contributed by atoms with Crippen LogP contribution in [0.4, 0.5) is 30.7 Å². The van der Waals surface area contributed by atoms with E-state index < -0.39 is 75.1 Å². The molecule has 1 aliphatic rings. The van der Waals surface area contributed by atoms with Crippen molar-refractivity contribution >= 4 is 21.7 Å². The van der Waals surface area contributed by atoms with E-state index in [9.17, 15) is 48.7 Å². The van der Waals surface area contributed by atoms with E-state index >= 15 is 0 Å². The lowest BCUT2D eigenvalue weighted by atomic mass is 9.78. The van der Waals surface area contributed by atoms with Crippen LogP contribution in [-0.2, 0) is 38.3 Å². The van der Waals surface area contributed by atoms with Crippen molar-refractivity contribution in [2.24, 2.45) is 5.92 Å². The molecule has 1 aliphatic heterocycles. The van der Waals surface area contributed by atoms with Crippen LogP contribution in [0.5, 0.6) is 0 Å². The molecule has 1 saturated heterocycles. The van der Waals surface area contributed by atoms with Gasteiger partial charge in [-0.25, -0.2) is 12.8 Å². The molecule has 1 heterocycles. The van der Waals surface area contributed by atoms with Crippen molar-refractivity contribution in [3.05, 3.63) is 70.0 Å². The lowest BCUT2D eigenvalue weighted by molar-refractivity contribution is -0.143. The second kappa shape index (κ2) is 11.4. The predicted molar refractivity (Wildman–Crippen MR) is 131 cm³/mol. The molecule has 0 N–H and O–H groups in total. The highest BCUT2D eigenvalue weighted by Crippen LogP contribution is 2.38. The molecule has 0 aromatic heterocycles. The largest absolute Gasteiger partial charge is 0.416 e. The maximum atomic E-state index is 13.8. The standard InChI is InChI=1S/C26H27F7N2O4S/c1-15-8-19(27)4-5-20(15)22-13-35(23(36)14-40(3,38)39)7-6-21(22)24(37)34(2)12-16-9-17(25(28,29)30)11-18(10-16)26(31,32)33/h4-5,8-11,21-22H,6-7,12-14H2,1-3H3/t21-,22+/m1/s1. The number of aryl methyl sites for hydroxylation is 1. The molecule has 2 aromatic carbocycles. The first-order chi connectivity index (χ1) is 18.3. The zero-order valence-electron chi connectivity index (χ0n) is 21.7. The predicted octanol–water partition coefficient (Wildman–Crippen LogP) is 4.81. The topological polar surface area (TPSA) is 74.8 Å². The normalized spacial score (nSPS) is 18.5. The molecular weight excluding hydrogens is 569 g/mol. The molecular formula is C26H27F7N2O4S. The maximum Gasteiger partial charge on any atom is 0.416 e. The minimum absolute atomic E-state index is 0.00188. The molecule has 0 bridgehead atoms. The summed E-state index contributed by atoms with van der Waals surface area (Å²) < 4.78 is 117. The summed E-state index contributed by atoms with van der Waals surface area (Å²) in [5, 5.41) is 0. The number of likely N-dealkylation sites (tertiary alicyclic amines) is 1. The van der Waals surface area contributed by atoms with Crippen molar-refractivity contribution in [3.63, 3.8) is 0 Å². The first-order valence-electron chi connectivity index (χ1n) is 12.0. The Morgan fingerprint density at radius 3 is 2.08 bits per heavy atom. The molecule has 2 amide bonds. The molecule has 3 rings (SSSR count). The Balaban J connectivity index is 1.93. The number of amides is 2. The van der Waals surface area contributed by atoms with Crippen molar-refractivity contribution in [1.82, 2.24) is 9.80 Å². The number of sulfone groups is 1. The zero-order chi connectivity index (χ0) is 30.2. The van der Waals surface area contributed by atoms with Crippen LogP contribution in [0, 0.1) is 18.7 Å². The van der Waals surface area contributed by atoms with Crippen LogP contribution in [0.3, 0.4) is 0 Å². The van der Waals surface area contributed by atoms with Crippen LogP contribution in [0.1, 0.15) is 40.2 Å². The van der Waals surface area contributed by atoms with Crippen molar-refractivity contribution < 1.29 is 48.7 Å². The van der Waals surface area contributed by atoms with Gasteiger partial charge in [0.15, 0.2) is 9.84 Å². The minimum atomic E-state index is -5.05. The average molecular weight is 597 g/mol. The summed E-state index contributed by atoms with van der Waals surface area (Å²) in [5.41, 5.74) is -2.43. The lowest BCUT2D eigenvalue weighted by Gasteiger charge is -2.40. The van der Waals surface area contributed by atoms with E-state index in [2.05, 4.69) is 0 Å². The number of alkyl halides is 6. The Bertz CT molecular complexity index is 1360. The molecule has 14 heteroatoms. The van der Waals surface area contributed by atoms with E-state index in [0.29, 0.717) is 23.3 Å². The molecule has 2 atom stereocenters. The summed E-state index contributed by atoms with van der Waals surface area (Å²) in [6.07, 6.45) is -9.16. The third-order valence-electron chi connectivity index (χ3n) is 6.74. The Hall–Kier alpha value is -3.16. The van der Waals surface area contributed by atoms with E-state index in [4.69, 9.17) is 0 Å². The summed E-state index contributed by atoms with van der Waals surface area (Å²) in [7, 11) is -2.41. The molecule has 40 heavy (non-hydrogen) atoms. The average Bonchev–Trinajstić information content (AvgIpc) is 2.81. The lowest BCUT2D eigenvalue weighted by Crippen LogP contribution is -2.49. The van der Waals surface area contributed by atoms with Crippen LogP contribution >= 0.6 is 0 Å². The SMILES string of the molecule is Cc1cc(F)ccc1[C@@H]1CN(C(=O)CS(C)(=O)=O)CC[C@H]1C(=O)N(C)Cc1cc(C(F)(F)F)cc(C(F)(F)F)c1. The Morgan fingerprint density at radius 1 is 1.00 bits per heavy atom. The number of halogens is 7. The van der Waals surface area contributed by atoms with Gasteiger partial charge in [-0.2, -0.15) is 26.3 Å². The molecule has 1 fully saturated rings. The van der Waals surface area contributed by atoms with Crippen molar-refractivity contribution in [1.29, 1.82) is 0 Å². The van der Waals surface area contributed by atoms with Gasteiger partial charge in [-0.1, -0.05) is 6.07 Å². The van der Waals surface area contributed by atoms with E-state index in [1.54, 1.807) is 6.92 Å². The van der Waals surface area contributed by atoms with Crippen molar-refractivity contribution in [2.75, 3.05) is 32.1 Å². The highest BCUT2D eigenvalue weighted by Gasteiger charge is 2.40. The summed E-state index contributed by atoms with van der Waals surface area (Å²) in [6.45, 7) is 0.931. The minimum Gasteiger partial charge on any atom is -0.341 e. The van der Waals surface area contributed by atoms with Gasteiger partial charge < -0.3 is 9.80 Å². The van der Waals surface area contributed by atoms with E-state index in [0.717, 1.165) is 17.2 Å². The van der Waals surface area contributed by atoms with Gasteiger partial charge in [-0.3, -0.25) is 9.59 Å². The fourth-order valence-corrected chi connectivity index (χ4v) is 5.54. The summed E-state index contributed by atoms with van der Waals surface area (Å²) in [4.78, 5) is 28.4. The Labute approximate surface area is 226 Å². The van der Waals surface area contributed by atoms with Crippen LogP contribution in [0.25, 0.3) is 0 Å². The number of piperidine rings is 1. The molecule has 220 valence electrons. The smallest absolute Gasteiger partial charge is 0.341 e. The molecule has 0 saturated carbocycles. The quantitative estimate of drug-likeness (QED) is 0.449. The molecule has 0 spiro atoms. The summed E-state index contributed by atoms with van der Waals surface area (Å²) >= 11 is 0. The highest BCUT2D eigenvalue weighted by atomic mass is 32.2. The van der Waals surface area contributed by atoms with Gasteiger partial charge in [0, 0.05) is 44.8 Å². The van der Waals surface area contributed by atoms with Gasteiger partial charge in [0.05, 0.1) is 11.1 Å². The number of hydrogen-bond donors (Lipinski definition) is 0.